The molecule has 0 fully saturated rings. The Morgan fingerprint density at radius 3 is 2.72 bits per heavy atom. The number of carbonyl (C=O) groups excluding carboxylic acids is 1. The molecule has 1 amide bonds. The number of ether oxygens (including phenoxy) is 1. The van der Waals surface area contributed by atoms with Crippen LogP contribution in [0.3, 0.4) is 0 Å². The van der Waals surface area contributed by atoms with Gasteiger partial charge in [0.2, 0.25) is 5.91 Å². The molecule has 1 atom stereocenters. The summed E-state index contributed by atoms with van der Waals surface area (Å²) in [6.45, 7) is 3.76. The third-order valence-corrected chi connectivity index (χ3v) is 3.10. The lowest BCUT2D eigenvalue weighted by atomic mass is 10.1. The van der Waals surface area contributed by atoms with Gasteiger partial charge in [0, 0.05) is 12.6 Å². The van der Waals surface area contributed by atoms with Crippen LogP contribution in [-0.2, 0) is 11.2 Å². The summed E-state index contributed by atoms with van der Waals surface area (Å²) in [5.74, 6) is 0.694. The number of nitrogens with zero attached hydrogens (tertiary/aromatic N) is 1. The van der Waals surface area contributed by atoms with Crippen molar-refractivity contribution in [3.8, 4) is 5.75 Å². The van der Waals surface area contributed by atoms with Gasteiger partial charge in [-0.05, 0) is 19.9 Å². The van der Waals surface area contributed by atoms with Gasteiger partial charge in [0.15, 0.2) is 0 Å². The van der Waals surface area contributed by atoms with Crippen LogP contribution in [-0.4, -0.2) is 42.7 Å². The van der Waals surface area contributed by atoms with E-state index in [-0.39, 0.29) is 25.0 Å². The van der Waals surface area contributed by atoms with Gasteiger partial charge in [0.25, 0.3) is 0 Å². The number of hydrogen-bond acceptors (Lipinski definition) is 3. The van der Waals surface area contributed by atoms with Gasteiger partial charge in [-0.3, -0.25) is 4.79 Å². The minimum atomic E-state index is -0.173. The summed E-state index contributed by atoms with van der Waals surface area (Å²) in [7, 11) is 3.30. The number of hydrogen-bond donors (Lipinski definition) is 1. The van der Waals surface area contributed by atoms with Crippen LogP contribution in [0.25, 0.3) is 0 Å². The highest BCUT2D eigenvalue weighted by Gasteiger charge is 2.17. The first-order valence-electron chi connectivity index (χ1n) is 5.99. The van der Waals surface area contributed by atoms with Crippen LogP contribution in [0.5, 0.6) is 5.75 Å². The Morgan fingerprint density at radius 2 is 2.17 bits per heavy atom. The Hall–Kier alpha value is -1.55. The van der Waals surface area contributed by atoms with E-state index in [9.17, 15) is 4.79 Å². The predicted molar refractivity (Wildman–Crippen MR) is 70.8 cm³/mol. The average Bonchev–Trinajstić information content (AvgIpc) is 2.37. The monoisotopic (exact) mass is 251 g/mol. The van der Waals surface area contributed by atoms with E-state index >= 15 is 0 Å². The van der Waals surface area contributed by atoms with Crippen molar-refractivity contribution in [2.24, 2.45) is 0 Å². The van der Waals surface area contributed by atoms with E-state index in [1.165, 1.54) is 0 Å². The number of aliphatic hydroxyl groups is 1. The molecule has 0 spiro atoms. The van der Waals surface area contributed by atoms with Crippen molar-refractivity contribution in [3.63, 3.8) is 0 Å². The lowest BCUT2D eigenvalue weighted by Crippen LogP contribution is -2.38. The molecule has 0 heterocycles. The molecule has 0 aliphatic heterocycles. The first-order valence-corrected chi connectivity index (χ1v) is 5.99. The van der Waals surface area contributed by atoms with Crippen LogP contribution in [0, 0.1) is 6.92 Å². The largest absolute Gasteiger partial charge is 0.496 e. The molecule has 0 radical (unpaired) electrons. The summed E-state index contributed by atoms with van der Waals surface area (Å²) in [5, 5.41) is 9.05. The van der Waals surface area contributed by atoms with Gasteiger partial charge < -0.3 is 14.7 Å². The number of benzene rings is 1. The van der Waals surface area contributed by atoms with Gasteiger partial charge in [-0.2, -0.15) is 0 Å². The minimum absolute atomic E-state index is 0.0274. The number of methoxy groups -OCH3 is 1. The molecule has 1 unspecified atom stereocenters. The Kier molecular flexibility index (Phi) is 5.16. The van der Waals surface area contributed by atoms with Gasteiger partial charge >= 0.3 is 0 Å². The Labute approximate surface area is 108 Å². The molecule has 0 saturated carbocycles. The van der Waals surface area contributed by atoms with Crippen LogP contribution >= 0.6 is 0 Å². The predicted octanol–water partition coefficient (Wildman–Crippen LogP) is 1.39. The zero-order chi connectivity index (χ0) is 13.7. The molecule has 18 heavy (non-hydrogen) atoms. The summed E-state index contributed by atoms with van der Waals surface area (Å²) in [6.07, 6.45) is 0.283. The van der Waals surface area contributed by atoms with Crippen molar-refractivity contribution in [1.29, 1.82) is 0 Å². The molecular weight excluding hydrogens is 230 g/mol. The lowest BCUT2D eigenvalue weighted by Gasteiger charge is -2.23. The maximum Gasteiger partial charge on any atom is 0.227 e. The minimum Gasteiger partial charge on any atom is -0.496 e. The van der Waals surface area contributed by atoms with E-state index < -0.39 is 0 Å². The molecule has 0 saturated heterocycles. The molecule has 0 aliphatic carbocycles. The lowest BCUT2D eigenvalue weighted by molar-refractivity contribution is -0.131. The number of aryl methyl sites for hydroxylation is 1. The van der Waals surface area contributed by atoms with Crippen LogP contribution in [0.15, 0.2) is 18.2 Å². The Balaban J connectivity index is 2.84. The fourth-order valence-electron chi connectivity index (χ4n) is 1.70. The molecule has 4 heteroatoms. The zero-order valence-electron chi connectivity index (χ0n) is 11.4. The quantitative estimate of drug-likeness (QED) is 0.860. The highest BCUT2D eigenvalue weighted by molar-refractivity contribution is 5.79. The molecule has 0 aromatic heterocycles. The van der Waals surface area contributed by atoms with Gasteiger partial charge in [-0.1, -0.05) is 17.7 Å². The summed E-state index contributed by atoms with van der Waals surface area (Å²) < 4.78 is 5.25. The highest BCUT2D eigenvalue weighted by atomic mass is 16.5. The van der Waals surface area contributed by atoms with E-state index in [4.69, 9.17) is 9.84 Å². The molecule has 0 aliphatic rings. The molecule has 1 aromatic carbocycles. The van der Waals surface area contributed by atoms with Crippen molar-refractivity contribution in [2.75, 3.05) is 20.8 Å². The first kappa shape index (κ1) is 14.5. The van der Waals surface area contributed by atoms with E-state index in [0.717, 1.165) is 16.9 Å². The Morgan fingerprint density at radius 1 is 1.50 bits per heavy atom. The average molecular weight is 251 g/mol. The number of rotatable bonds is 5. The summed E-state index contributed by atoms with van der Waals surface area (Å²) >= 11 is 0. The second-order valence-corrected chi connectivity index (χ2v) is 4.53. The smallest absolute Gasteiger partial charge is 0.227 e. The number of aliphatic hydroxyl groups excluding tert-OH is 1. The topological polar surface area (TPSA) is 49.8 Å². The highest BCUT2D eigenvalue weighted by Crippen LogP contribution is 2.20. The SMILES string of the molecule is COc1ccc(C)cc1CC(=O)N(C)C(C)CO. The fourth-order valence-corrected chi connectivity index (χ4v) is 1.70. The first-order chi connectivity index (χ1) is 8.49. The van der Waals surface area contributed by atoms with Gasteiger partial charge in [0.1, 0.15) is 5.75 Å². The number of amides is 1. The molecule has 100 valence electrons. The second kappa shape index (κ2) is 6.40. The van der Waals surface area contributed by atoms with E-state index in [1.54, 1.807) is 19.1 Å². The normalized spacial score (nSPS) is 12.1. The number of likely N-dealkylation sites (N-methyl/N-ethyl adjacent to an activating group) is 1. The van der Waals surface area contributed by atoms with E-state index in [2.05, 4.69) is 0 Å². The molecule has 1 N–H and O–H groups in total. The van der Waals surface area contributed by atoms with Crippen molar-refractivity contribution in [2.45, 2.75) is 26.3 Å². The maximum absolute atomic E-state index is 12.1. The van der Waals surface area contributed by atoms with Crippen LogP contribution in [0.4, 0.5) is 0 Å². The van der Waals surface area contributed by atoms with Crippen LogP contribution < -0.4 is 4.74 Å². The number of carbonyl (C=O) groups is 1. The van der Waals surface area contributed by atoms with Crippen molar-refractivity contribution < 1.29 is 14.6 Å². The summed E-state index contributed by atoms with van der Waals surface area (Å²) in [6, 6.07) is 5.60. The standard InChI is InChI=1S/C14H21NO3/c1-10-5-6-13(18-4)12(7-10)8-14(17)15(3)11(2)9-16/h5-7,11,16H,8-9H2,1-4H3. The van der Waals surface area contributed by atoms with Crippen molar-refractivity contribution >= 4 is 5.91 Å². The van der Waals surface area contributed by atoms with Crippen LogP contribution in [0.2, 0.25) is 0 Å². The summed E-state index contributed by atoms with van der Waals surface area (Å²) in [4.78, 5) is 13.6. The Bertz CT molecular complexity index is 418. The van der Waals surface area contributed by atoms with Gasteiger partial charge in [-0.25, -0.2) is 0 Å². The molecule has 1 rings (SSSR count). The third kappa shape index (κ3) is 3.47. The van der Waals surface area contributed by atoms with E-state index in [0.29, 0.717) is 0 Å². The molecule has 4 nitrogen and oxygen atoms in total. The van der Waals surface area contributed by atoms with E-state index in [1.807, 2.05) is 32.0 Å². The van der Waals surface area contributed by atoms with Gasteiger partial charge in [-0.15, -0.1) is 0 Å². The molecular formula is C14H21NO3. The van der Waals surface area contributed by atoms with Crippen molar-refractivity contribution in [3.05, 3.63) is 29.3 Å². The summed E-state index contributed by atoms with van der Waals surface area (Å²) in [5.41, 5.74) is 1.97. The molecule has 0 bridgehead atoms. The third-order valence-electron chi connectivity index (χ3n) is 3.10. The zero-order valence-corrected chi connectivity index (χ0v) is 11.4. The molecule has 1 aromatic rings. The fraction of sp³-hybridized carbons (Fsp3) is 0.500. The second-order valence-electron chi connectivity index (χ2n) is 4.53. The van der Waals surface area contributed by atoms with Gasteiger partial charge in [0.05, 0.1) is 26.2 Å². The maximum atomic E-state index is 12.1. The van der Waals surface area contributed by atoms with Crippen LogP contribution in [0.1, 0.15) is 18.1 Å². The van der Waals surface area contributed by atoms with Crippen molar-refractivity contribution in [1.82, 2.24) is 4.90 Å².